The van der Waals surface area contributed by atoms with Crippen LogP contribution in [0.3, 0.4) is 0 Å². The SMILES string of the molecule is COc1ccc(Cl)cc1NC1Cc2ccc(Cl)cc2C1. The summed E-state index contributed by atoms with van der Waals surface area (Å²) in [5.74, 6) is 0.809. The Hall–Kier alpha value is -1.38. The maximum absolute atomic E-state index is 6.06. The second-order valence-electron chi connectivity index (χ2n) is 5.01. The van der Waals surface area contributed by atoms with E-state index in [2.05, 4.69) is 11.4 Å². The smallest absolute Gasteiger partial charge is 0.142 e. The third-order valence-electron chi connectivity index (χ3n) is 3.62. The Bertz CT molecular complexity index is 642. The molecule has 0 radical (unpaired) electrons. The lowest BCUT2D eigenvalue weighted by molar-refractivity contribution is 0.416. The molecular weight excluding hydrogens is 293 g/mol. The van der Waals surface area contributed by atoms with E-state index in [0.717, 1.165) is 29.3 Å². The van der Waals surface area contributed by atoms with Crippen molar-refractivity contribution in [3.05, 3.63) is 57.6 Å². The molecule has 0 aromatic heterocycles. The number of hydrogen-bond acceptors (Lipinski definition) is 2. The van der Waals surface area contributed by atoms with Crippen molar-refractivity contribution in [3.63, 3.8) is 0 Å². The highest BCUT2D eigenvalue weighted by Gasteiger charge is 2.22. The van der Waals surface area contributed by atoms with Gasteiger partial charge in [0, 0.05) is 16.1 Å². The second-order valence-corrected chi connectivity index (χ2v) is 5.88. The number of rotatable bonds is 3. The monoisotopic (exact) mass is 307 g/mol. The molecule has 4 heteroatoms. The van der Waals surface area contributed by atoms with Gasteiger partial charge in [0.05, 0.1) is 12.8 Å². The Morgan fingerprint density at radius 3 is 2.50 bits per heavy atom. The lowest BCUT2D eigenvalue weighted by Gasteiger charge is -2.16. The maximum Gasteiger partial charge on any atom is 0.142 e. The van der Waals surface area contributed by atoms with Gasteiger partial charge in [0.15, 0.2) is 0 Å². The predicted molar refractivity (Wildman–Crippen MR) is 84.3 cm³/mol. The van der Waals surface area contributed by atoms with E-state index in [-0.39, 0.29) is 0 Å². The van der Waals surface area contributed by atoms with Crippen molar-refractivity contribution in [1.82, 2.24) is 0 Å². The van der Waals surface area contributed by atoms with Crippen molar-refractivity contribution in [3.8, 4) is 5.75 Å². The summed E-state index contributed by atoms with van der Waals surface area (Å²) in [5.41, 5.74) is 3.60. The van der Waals surface area contributed by atoms with Crippen LogP contribution in [0.2, 0.25) is 10.0 Å². The van der Waals surface area contributed by atoms with Gasteiger partial charge in [-0.15, -0.1) is 0 Å². The third kappa shape index (κ3) is 2.72. The second kappa shape index (κ2) is 5.55. The highest BCUT2D eigenvalue weighted by molar-refractivity contribution is 6.31. The summed E-state index contributed by atoms with van der Waals surface area (Å²) < 4.78 is 5.36. The summed E-state index contributed by atoms with van der Waals surface area (Å²) in [5, 5.41) is 5.01. The lowest BCUT2D eigenvalue weighted by atomic mass is 10.1. The summed E-state index contributed by atoms with van der Waals surface area (Å²) in [6.45, 7) is 0. The van der Waals surface area contributed by atoms with Crippen LogP contribution < -0.4 is 10.1 Å². The molecule has 0 heterocycles. The Kier molecular flexibility index (Phi) is 3.77. The van der Waals surface area contributed by atoms with Crippen LogP contribution in [0.15, 0.2) is 36.4 Å². The first-order chi connectivity index (χ1) is 9.65. The Balaban J connectivity index is 1.79. The molecule has 0 fully saturated rings. The molecule has 1 unspecified atom stereocenters. The number of anilines is 1. The van der Waals surface area contributed by atoms with Gasteiger partial charge in [0.25, 0.3) is 0 Å². The molecule has 0 saturated carbocycles. The minimum Gasteiger partial charge on any atom is -0.495 e. The van der Waals surface area contributed by atoms with Crippen molar-refractivity contribution >= 4 is 28.9 Å². The van der Waals surface area contributed by atoms with Crippen LogP contribution in [0.5, 0.6) is 5.75 Å². The lowest BCUT2D eigenvalue weighted by Crippen LogP contribution is -2.19. The molecule has 1 aliphatic carbocycles. The zero-order valence-electron chi connectivity index (χ0n) is 11.1. The van der Waals surface area contributed by atoms with E-state index in [1.165, 1.54) is 11.1 Å². The number of fused-ring (bicyclic) bond motifs is 1. The van der Waals surface area contributed by atoms with Gasteiger partial charge in [-0.3, -0.25) is 0 Å². The van der Waals surface area contributed by atoms with E-state index in [9.17, 15) is 0 Å². The average molecular weight is 308 g/mol. The van der Waals surface area contributed by atoms with Crippen molar-refractivity contribution in [2.75, 3.05) is 12.4 Å². The van der Waals surface area contributed by atoms with E-state index in [0.29, 0.717) is 11.1 Å². The fourth-order valence-electron chi connectivity index (χ4n) is 2.70. The maximum atomic E-state index is 6.06. The molecule has 2 nitrogen and oxygen atoms in total. The van der Waals surface area contributed by atoms with Gasteiger partial charge in [0.2, 0.25) is 0 Å². The molecule has 2 aromatic carbocycles. The predicted octanol–water partition coefficient (Wildman–Crippen LogP) is 4.58. The van der Waals surface area contributed by atoms with Gasteiger partial charge in [-0.1, -0.05) is 29.3 Å². The average Bonchev–Trinajstić information content (AvgIpc) is 2.80. The first-order valence-corrected chi connectivity index (χ1v) is 7.28. The van der Waals surface area contributed by atoms with Crippen LogP contribution in [0.4, 0.5) is 5.69 Å². The van der Waals surface area contributed by atoms with Crippen LogP contribution in [0.1, 0.15) is 11.1 Å². The quantitative estimate of drug-likeness (QED) is 0.896. The standard InChI is InChI=1S/C16H15Cl2NO/c1-20-16-5-4-13(18)9-15(16)19-14-7-10-2-3-12(17)6-11(10)8-14/h2-6,9,14,19H,7-8H2,1H3. The van der Waals surface area contributed by atoms with Crippen LogP contribution in [0.25, 0.3) is 0 Å². The normalized spacial score (nSPS) is 16.9. The van der Waals surface area contributed by atoms with Crippen LogP contribution >= 0.6 is 23.2 Å². The molecule has 0 saturated heterocycles. The number of hydrogen-bond donors (Lipinski definition) is 1. The summed E-state index contributed by atoms with van der Waals surface area (Å²) >= 11 is 12.1. The fourth-order valence-corrected chi connectivity index (χ4v) is 3.07. The molecule has 104 valence electrons. The third-order valence-corrected chi connectivity index (χ3v) is 4.09. The number of benzene rings is 2. The summed E-state index contributed by atoms with van der Waals surface area (Å²) in [7, 11) is 1.66. The van der Waals surface area contributed by atoms with Gasteiger partial charge in [-0.05, 0) is 54.3 Å². The minimum atomic E-state index is 0.343. The highest BCUT2D eigenvalue weighted by atomic mass is 35.5. The zero-order chi connectivity index (χ0) is 14.1. The molecule has 1 N–H and O–H groups in total. The van der Waals surface area contributed by atoms with Gasteiger partial charge in [-0.2, -0.15) is 0 Å². The van der Waals surface area contributed by atoms with Crippen LogP contribution in [-0.2, 0) is 12.8 Å². The topological polar surface area (TPSA) is 21.3 Å². The van der Waals surface area contributed by atoms with E-state index >= 15 is 0 Å². The van der Waals surface area contributed by atoms with Gasteiger partial charge in [-0.25, -0.2) is 0 Å². The van der Waals surface area contributed by atoms with Gasteiger partial charge < -0.3 is 10.1 Å². The Morgan fingerprint density at radius 1 is 1.00 bits per heavy atom. The molecule has 0 spiro atoms. The largest absolute Gasteiger partial charge is 0.495 e. The van der Waals surface area contributed by atoms with Crippen molar-refractivity contribution in [1.29, 1.82) is 0 Å². The molecule has 0 aliphatic heterocycles. The van der Waals surface area contributed by atoms with E-state index < -0.39 is 0 Å². The molecular formula is C16H15Cl2NO. The molecule has 1 aliphatic rings. The van der Waals surface area contributed by atoms with Crippen molar-refractivity contribution in [2.24, 2.45) is 0 Å². The molecule has 1 atom stereocenters. The summed E-state index contributed by atoms with van der Waals surface area (Å²) in [6.07, 6.45) is 1.95. The van der Waals surface area contributed by atoms with Gasteiger partial charge >= 0.3 is 0 Å². The van der Waals surface area contributed by atoms with E-state index in [1.54, 1.807) is 7.11 Å². The first-order valence-electron chi connectivity index (χ1n) is 6.53. The number of methoxy groups -OCH3 is 1. The van der Waals surface area contributed by atoms with Crippen molar-refractivity contribution < 1.29 is 4.74 Å². The van der Waals surface area contributed by atoms with E-state index in [1.807, 2.05) is 30.3 Å². The molecule has 2 aromatic rings. The minimum absolute atomic E-state index is 0.343. The highest BCUT2D eigenvalue weighted by Crippen LogP contribution is 2.32. The van der Waals surface area contributed by atoms with Gasteiger partial charge in [0.1, 0.15) is 5.75 Å². The number of halogens is 2. The van der Waals surface area contributed by atoms with Crippen LogP contribution in [0, 0.1) is 0 Å². The Labute approximate surface area is 128 Å². The fraction of sp³-hybridized carbons (Fsp3) is 0.250. The van der Waals surface area contributed by atoms with Crippen LogP contribution in [-0.4, -0.2) is 13.2 Å². The zero-order valence-corrected chi connectivity index (χ0v) is 12.6. The summed E-state index contributed by atoms with van der Waals surface area (Å²) in [4.78, 5) is 0. The number of ether oxygens (including phenoxy) is 1. The molecule has 0 bridgehead atoms. The van der Waals surface area contributed by atoms with Crippen molar-refractivity contribution in [2.45, 2.75) is 18.9 Å². The first kappa shape index (κ1) is 13.6. The Morgan fingerprint density at radius 2 is 1.70 bits per heavy atom. The molecule has 20 heavy (non-hydrogen) atoms. The number of nitrogens with one attached hydrogen (secondary N) is 1. The summed E-state index contributed by atoms with van der Waals surface area (Å²) in [6, 6.07) is 12.1. The molecule has 0 amide bonds. The van der Waals surface area contributed by atoms with E-state index in [4.69, 9.17) is 27.9 Å². The molecule has 3 rings (SSSR count).